The van der Waals surface area contributed by atoms with Crippen LogP contribution in [0.5, 0.6) is 5.88 Å². The van der Waals surface area contributed by atoms with Crippen LogP contribution >= 0.6 is 0 Å². The standard InChI is InChI=1S/C22H24N6O2/c1-22(29)8-5-15(6-9-22)25-21-26-20(30-2)19-16(7-12-28(19)27-21)14-3-4-17-18(13-14)24-11-10-23-17/h3-4,7,10-13,15,29H,5-6,8-9H2,1-2H3,(H,25,27)/t15-,22+. The van der Waals surface area contributed by atoms with Gasteiger partial charge in [-0.2, -0.15) is 4.98 Å². The number of fused-ring (bicyclic) bond motifs is 2. The molecule has 0 atom stereocenters. The second-order valence-electron chi connectivity index (χ2n) is 8.14. The summed E-state index contributed by atoms with van der Waals surface area (Å²) in [6.07, 6.45) is 8.58. The largest absolute Gasteiger partial charge is 0.479 e. The van der Waals surface area contributed by atoms with Gasteiger partial charge in [-0.05, 0) is 56.4 Å². The third-order valence-electron chi connectivity index (χ3n) is 5.85. The molecule has 0 bridgehead atoms. The highest BCUT2D eigenvalue weighted by molar-refractivity contribution is 5.89. The Balaban J connectivity index is 1.49. The zero-order chi connectivity index (χ0) is 20.7. The summed E-state index contributed by atoms with van der Waals surface area (Å²) >= 11 is 0. The summed E-state index contributed by atoms with van der Waals surface area (Å²) in [6, 6.07) is 8.23. The molecule has 1 aromatic carbocycles. The summed E-state index contributed by atoms with van der Waals surface area (Å²) in [5, 5.41) is 18.2. The fourth-order valence-electron chi connectivity index (χ4n) is 4.13. The van der Waals surface area contributed by atoms with E-state index in [-0.39, 0.29) is 6.04 Å². The molecule has 1 aliphatic rings. The summed E-state index contributed by atoms with van der Waals surface area (Å²) < 4.78 is 7.41. The van der Waals surface area contributed by atoms with Crippen molar-refractivity contribution in [2.75, 3.05) is 12.4 Å². The van der Waals surface area contributed by atoms with Crippen LogP contribution in [0, 0.1) is 0 Å². The first kappa shape index (κ1) is 18.7. The van der Waals surface area contributed by atoms with Gasteiger partial charge in [0.1, 0.15) is 5.52 Å². The SMILES string of the molecule is COc1nc(N[C@H]2CC[C@@](C)(O)CC2)nn2ccc(-c3ccc4nccnc4c3)c12. The van der Waals surface area contributed by atoms with Crippen LogP contribution in [-0.4, -0.2) is 48.4 Å². The van der Waals surface area contributed by atoms with Crippen LogP contribution in [0.2, 0.25) is 0 Å². The maximum Gasteiger partial charge on any atom is 0.244 e. The summed E-state index contributed by atoms with van der Waals surface area (Å²) in [5.74, 6) is 1.03. The number of ether oxygens (including phenoxy) is 1. The Morgan fingerprint density at radius 1 is 1.13 bits per heavy atom. The normalized spacial score (nSPS) is 21.8. The van der Waals surface area contributed by atoms with Crippen molar-refractivity contribution in [2.24, 2.45) is 0 Å². The number of aromatic nitrogens is 5. The Morgan fingerprint density at radius 3 is 2.67 bits per heavy atom. The minimum atomic E-state index is -0.569. The zero-order valence-corrected chi connectivity index (χ0v) is 17.0. The molecule has 1 aliphatic carbocycles. The number of nitrogens with zero attached hydrogens (tertiary/aromatic N) is 5. The van der Waals surface area contributed by atoms with Gasteiger partial charge in [-0.25, -0.2) is 4.52 Å². The van der Waals surface area contributed by atoms with Gasteiger partial charge in [-0.3, -0.25) is 9.97 Å². The summed E-state index contributed by atoms with van der Waals surface area (Å²) in [5.41, 5.74) is 3.90. The molecule has 3 aromatic heterocycles. The zero-order valence-electron chi connectivity index (χ0n) is 17.0. The summed E-state index contributed by atoms with van der Waals surface area (Å²) in [6.45, 7) is 1.90. The highest BCUT2D eigenvalue weighted by Gasteiger charge is 2.29. The van der Waals surface area contributed by atoms with Crippen molar-refractivity contribution in [3.8, 4) is 17.0 Å². The molecule has 0 spiro atoms. The van der Waals surface area contributed by atoms with Gasteiger partial charge in [-0.1, -0.05) is 6.07 Å². The molecular weight excluding hydrogens is 380 g/mol. The minimum absolute atomic E-state index is 0.237. The first-order valence-corrected chi connectivity index (χ1v) is 10.2. The molecular formula is C22H24N6O2. The minimum Gasteiger partial charge on any atom is -0.479 e. The lowest BCUT2D eigenvalue weighted by Gasteiger charge is -2.33. The van der Waals surface area contributed by atoms with E-state index in [1.54, 1.807) is 24.0 Å². The number of methoxy groups -OCH3 is 1. The Kier molecular flexibility index (Phi) is 4.51. The number of benzene rings is 1. The molecule has 8 nitrogen and oxygen atoms in total. The van der Waals surface area contributed by atoms with E-state index in [4.69, 9.17) is 4.74 Å². The van der Waals surface area contributed by atoms with E-state index < -0.39 is 5.60 Å². The lowest BCUT2D eigenvalue weighted by Crippen LogP contribution is -2.36. The topological polar surface area (TPSA) is 97.5 Å². The Labute approximate surface area is 174 Å². The molecule has 0 unspecified atom stereocenters. The van der Waals surface area contributed by atoms with Crippen molar-refractivity contribution in [1.29, 1.82) is 0 Å². The Morgan fingerprint density at radius 2 is 1.90 bits per heavy atom. The van der Waals surface area contributed by atoms with E-state index in [9.17, 15) is 5.11 Å². The number of rotatable bonds is 4. The van der Waals surface area contributed by atoms with Crippen molar-refractivity contribution in [3.63, 3.8) is 0 Å². The van der Waals surface area contributed by atoms with Crippen LogP contribution in [0.1, 0.15) is 32.6 Å². The fourth-order valence-corrected chi connectivity index (χ4v) is 4.13. The van der Waals surface area contributed by atoms with Crippen molar-refractivity contribution < 1.29 is 9.84 Å². The van der Waals surface area contributed by atoms with Crippen LogP contribution in [0.15, 0.2) is 42.9 Å². The first-order valence-electron chi connectivity index (χ1n) is 10.2. The average Bonchev–Trinajstić information content (AvgIpc) is 3.18. The average molecular weight is 404 g/mol. The maximum atomic E-state index is 10.2. The number of hydrogen-bond acceptors (Lipinski definition) is 7. The highest BCUT2D eigenvalue weighted by Crippen LogP contribution is 2.33. The van der Waals surface area contributed by atoms with E-state index in [1.807, 2.05) is 37.4 Å². The monoisotopic (exact) mass is 404 g/mol. The molecule has 2 N–H and O–H groups in total. The van der Waals surface area contributed by atoms with Gasteiger partial charge in [-0.15, -0.1) is 5.10 Å². The number of nitrogens with one attached hydrogen (secondary N) is 1. The summed E-state index contributed by atoms with van der Waals surface area (Å²) in [4.78, 5) is 13.4. The molecule has 8 heteroatoms. The van der Waals surface area contributed by atoms with Gasteiger partial charge in [0, 0.05) is 30.2 Å². The second-order valence-corrected chi connectivity index (χ2v) is 8.14. The van der Waals surface area contributed by atoms with E-state index in [1.165, 1.54) is 0 Å². The van der Waals surface area contributed by atoms with Crippen LogP contribution < -0.4 is 10.1 Å². The molecule has 0 amide bonds. The van der Waals surface area contributed by atoms with Gasteiger partial charge < -0.3 is 15.2 Å². The van der Waals surface area contributed by atoms with E-state index in [0.717, 1.165) is 53.4 Å². The van der Waals surface area contributed by atoms with Crippen LogP contribution in [-0.2, 0) is 0 Å². The molecule has 154 valence electrons. The van der Waals surface area contributed by atoms with Gasteiger partial charge in [0.05, 0.1) is 23.7 Å². The van der Waals surface area contributed by atoms with E-state index in [0.29, 0.717) is 11.8 Å². The Hall–Kier alpha value is -3.26. The molecule has 3 heterocycles. The number of hydrogen-bond donors (Lipinski definition) is 2. The molecule has 0 saturated heterocycles. The van der Waals surface area contributed by atoms with Crippen molar-refractivity contribution in [3.05, 3.63) is 42.9 Å². The van der Waals surface area contributed by atoms with Crippen LogP contribution in [0.25, 0.3) is 27.7 Å². The molecule has 0 aliphatic heterocycles. The lowest BCUT2D eigenvalue weighted by molar-refractivity contribution is 0.0195. The van der Waals surface area contributed by atoms with Gasteiger partial charge in [0.2, 0.25) is 11.8 Å². The number of aliphatic hydroxyl groups is 1. The maximum absolute atomic E-state index is 10.2. The number of anilines is 1. The second kappa shape index (κ2) is 7.21. The smallest absolute Gasteiger partial charge is 0.244 e. The molecule has 5 rings (SSSR count). The van der Waals surface area contributed by atoms with E-state index in [2.05, 4.69) is 25.4 Å². The molecule has 0 radical (unpaired) electrons. The van der Waals surface area contributed by atoms with Crippen molar-refractivity contribution >= 4 is 22.5 Å². The third kappa shape index (κ3) is 3.43. The molecule has 4 aromatic rings. The summed E-state index contributed by atoms with van der Waals surface area (Å²) in [7, 11) is 1.62. The fraction of sp³-hybridized carbons (Fsp3) is 0.364. The van der Waals surface area contributed by atoms with Crippen LogP contribution in [0.3, 0.4) is 0 Å². The Bertz CT molecular complexity index is 1210. The lowest BCUT2D eigenvalue weighted by atomic mass is 9.84. The highest BCUT2D eigenvalue weighted by atomic mass is 16.5. The quantitative estimate of drug-likeness (QED) is 0.538. The van der Waals surface area contributed by atoms with Crippen molar-refractivity contribution in [1.82, 2.24) is 24.6 Å². The predicted molar refractivity (Wildman–Crippen MR) is 115 cm³/mol. The van der Waals surface area contributed by atoms with Gasteiger partial charge >= 0.3 is 0 Å². The van der Waals surface area contributed by atoms with Crippen LogP contribution in [0.4, 0.5) is 5.95 Å². The molecule has 1 saturated carbocycles. The van der Waals surface area contributed by atoms with E-state index >= 15 is 0 Å². The predicted octanol–water partition coefficient (Wildman–Crippen LogP) is 3.45. The van der Waals surface area contributed by atoms with Gasteiger partial charge in [0.15, 0.2) is 0 Å². The molecule has 30 heavy (non-hydrogen) atoms. The van der Waals surface area contributed by atoms with Gasteiger partial charge in [0.25, 0.3) is 0 Å². The van der Waals surface area contributed by atoms with Crippen molar-refractivity contribution in [2.45, 2.75) is 44.2 Å². The third-order valence-corrected chi connectivity index (χ3v) is 5.85. The first-order chi connectivity index (χ1) is 14.5. The molecule has 1 fully saturated rings.